The molecule has 2 fully saturated rings. The van der Waals surface area contributed by atoms with Gasteiger partial charge in [0.05, 0.1) is 17.1 Å². The van der Waals surface area contributed by atoms with Gasteiger partial charge < -0.3 is 15.4 Å². The molecule has 2 N–H and O–H groups in total. The van der Waals surface area contributed by atoms with Crippen molar-refractivity contribution in [2.45, 2.75) is 37.3 Å². The molecule has 2 aromatic carbocycles. The second-order valence-electron chi connectivity index (χ2n) is 8.00. The van der Waals surface area contributed by atoms with Crippen LogP contribution in [-0.4, -0.2) is 47.5 Å². The molecule has 2 aromatic rings. The zero-order valence-electron chi connectivity index (χ0n) is 17.3. The predicted octanol–water partition coefficient (Wildman–Crippen LogP) is 3.52. The van der Waals surface area contributed by atoms with Crippen molar-refractivity contribution < 1.29 is 23.5 Å². The number of imide groups is 1. The van der Waals surface area contributed by atoms with Crippen molar-refractivity contribution in [2.75, 3.05) is 13.2 Å². The number of nitrogens with one attached hydrogen (secondary N) is 2. The maximum absolute atomic E-state index is 13.0. The van der Waals surface area contributed by atoms with Crippen molar-refractivity contribution in [3.63, 3.8) is 0 Å². The number of hydrogen-bond donors (Lipinski definition) is 2. The summed E-state index contributed by atoms with van der Waals surface area (Å²) in [7, 11) is 0. The van der Waals surface area contributed by atoms with E-state index in [9.17, 15) is 18.8 Å². The second kappa shape index (κ2) is 9.16. The predicted molar refractivity (Wildman–Crippen MR) is 116 cm³/mol. The van der Waals surface area contributed by atoms with Crippen LogP contribution in [0.15, 0.2) is 48.5 Å². The van der Waals surface area contributed by atoms with E-state index in [0.29, 0.717) is 42.0 Å². The molecule has 2 aliphatic rings. The maximum atomic E-state index is 13.0. The van der Waals surface area contributed by atoms with Crippen molar-refractivity contribution in [3.8, 4) is 5.75 Å². The number of amides is 4. The zero-order chi connectivity index (χ0) is 22.7. The summed E-state index contributed by atoms with van der Waals surface area (Å²) in [5, 5.41) is 6.19. The number of carbonyl (C=O) groups is 3. The summed E-state index contributed by atoms with van der Waals surface area (Å²) in [6.45, 7) is 0.202. The summed E-state index contributed by atoms with van der Waals surface area (Å²) in [6, 6.07) is 11.8. The molecule has 9 heteroatoms. The van der Waals surface area contributed by atoms with Gasteiger partial charge in [-0.05, 0) is 62.1 Å². The van der Waals surface area contributed by atoms with Crippen LogP contribution in [0, 0.1) is 5.82 Å². The van der Waals surface area contributed by atoms with Gasteiger partial charge in [0, 0.05) is 6.04 Å². The summed E-state index contributed by atoms with van der Waals surface area (Å²) in [5.41, 5.74) is -0.537. The standard InChI is InChI=1S/C23H23ClFN3O4/c24-19-4-2-1-3-18(19)20(29)26-16-9-11-23(12-10-16)21(30)28(22(31)27-23)13-14-32-17-7-5-15(25)6-8-17/h1-8,16H,9-14H2,(H,26,29)(H,27,31). The molecule has 168 valence electrons. The summed E-state index contributed by atoms with van der Waals surface area (Å²) in [6.07, 6.45) is 1.98. The topological polar surface area (TPSA) is 87.7 Å². The lowest BCUT2D eigenvalue weighted by atomic mass is 9.79. The summed E-state index contributed by atoms with van der Waals surface area (Å²) in [5.74, 6) is -0.436. The van der Waals surface area contributed by atoms with Gasteiger partial charge in [-0.2, -0.15) is 0 Å². The van der Waals surface area contributed by atoms with Crippen LogP contribution in [0.1, 0.15) is 36.0 Å². The van der Waals surface area contributed by atoms with Crippen LogP contribution in [0.4, 0.5) is 9.18 Å². The molecule has 1 saturated heterocycles. The lowest BCUT2D eigenvalue weighted by Crippen LogP contribution is -2.53. The molecule has 1 aliphatic heterocycles. The van der Waals surface area contributed by atoms with E-state index in [1.165, 1.54) is 24.3 Å². The minimum Gasteiger partial charge on any atom is -0.492 e. The first-order valence-electron chi connectivity index (χ1n) is 10.5. The van der Waals surface area contributed by atoms with Gasteiger partial charge in [-0.1, -0.05) is 23.7 Å². The van der Waals surface area contributed by atoms with Gasteiger partial charge in [0.15, 0.2) is 0 Å². The Morgan fingerprint density at radius 2 is 1.84 bits per heavy atom. The molecule has 0 unspecified atom stereocenters. The molecule has 4 rings (SSSR count). The van der Waals surface area contributed by atoms with Crippen molar-refractivity contribution in [3.05, 3.63) is 64.9 Å². The quantitative estimate of drug-likeness (QED) is 0.647. The van der Waals surface area contributed by atoms with E-state index < -0.39 is 11.6 Å². The fourth-order valence-corrected chi connectivity index (χ4v) is 4.39. The first-order valence-corrected chi connectivity index (χ1v) is 10.8. The highest BCUT2D eigenvalue weighted by molar-refractivity contribution is 6.33. The first-order chi connectivity index (χ1) is 15.4. The average molecular weight is 460 g/mol. The first kappa shape index (κ1) is 22.1. The molecule has 1 aliphatic carbocycles. The number of halogens is 2. The Kier molecular flexibility index (Phi) is 6.32. The molecule has 0 radical (unpaired) electrons. The number of carbonyl (C=O) groups excluding carboxylic acids is 3. The molecule has 7 nitrogen and oxygen atoms in total. The third-order valence-corrected chi connectivity index (χ3v) is 6.27. The van der Waals surface area contributed by atoms with Gasteiger partial charge in [-0.3, -0.25) is 14.5 Å². The van der Waals surface area contributed by atoms with Crippen molar-refractivity contribution in [1.29, 1.82) is 0 Å². The normalized spacial score (nSPS) is 22.7. The maximum Gasteiger partial charge on any atom is 0.325 e. The molecule has 0 aromatic heterocycles. The summed E-state index contributed by atoms with van der Waals surface area (Å²) in [4.78, 5) is 39.1. The fourth-order valence-electron chi connectivity index (χ4n) is 4.17. The lowest BCUT2D eigenvalue weighted by molar-refractivity contribution is -0.132. The Labute approximate surface area is 189 Å². The highest BCUT2D eigenvalue weighted by Gasteiger charge is 2.52. The smallest absolute Gasteiger partial charge is 0.325 e. The van der Waals surface area contributed by atoms with Crippen LogP contribution in [0.3, 0.4) is 0 Å². The van der Waals surface area contributed by atoms with E-state index in [4.69, 9.17) is 16.3 Å². The number of hydrogen-bond acceptors (Lipinski definition) is 4. The van der Waals surface area contributed by atoms with E-state index in [1.807, 2.05) is 0 Å². The SMILES string of the molecule is O=C(NC1CCC2(CC1)NC(=O)N(CCOc1ccc(F)cc1)C2=O)c1ccccc1Cl. The molecule has 4 amide bonds. The monoisotopic (exact) mass is 459 g/mol. The van der Waals surface area contributed by atoms with Gasteiger partial charge in [0.25, 0.3) is 11.8 Å². The third kappa shape index (κ3) is 4.55. The van der Waals surface area contributed by atoms with Crippen molar-refractivity contribution >= 4 is 29.4 Å². The van der Waals surface area contributed by atoms with E-state index >= 15 is 0 Å². The molecule has 32 heavy (non-hydrogen) atoms. The Balaban J connectivity index is 1.30. The summed E-state index contributed by atoms with van der Waals surface area (Å²) >= 11 is 6.09. The average Bonchev–Trinajstić information content (AvgIpc) is 3.01. The highest BCUT2D eigenvalue weighted by atomic mass is 35.5. The Bertz CT molecular complexity index is 1020. The number of urea groups is 1. The largest absolute Gasteiger partial charge is 0.492 e. The van der Waals surface area contributed by atoms with Gasteiger partial charge in [-0.25, -0.2) is 9.18 Å². The number of rotatable bonds is 6. The van der Waals surface area contributed by atoms with E-state index in [2.05, 4.69) is 10.6 Å². The van der Waals surface area contributed by atoms with Gasteiger partial charge in [0.2, 0.25) is 0 Å². The Morgan fingerprint density at radius 1 is 1.16 bits per heavy atom. The fraction of sp³-hybridized carbons (Fsp3) is 0.348. The van der Waals surface area contributed by atoms with Gasteiger partial charge in [0.1, 0.15) is 23.7 Å². The van der Waals surface area contributed by atoms with Crippen LogP contribution >= 0.6 is 11.6 Å². The summed E-state index contributed by atoms with van der Waals surface area (Å²) < 4.78 is 18.5. The van der Waals surface area contributed by atoms with E-state index in [1.54, 1.807) is 24.3 Å². The molecule has 1 spiro atoms. The van der Waals surface area contributed by atoms with Crippen molar-refractivity contribution in [1.82, 2.24) is 15.5 Å². The Hall–Kier alpha value is -3.13. The van der Waals surface area contributed by atoms with Crippen LogP contribution in [0.2, 0.25) is 5.02 Å². The minimum atomic E-state index is -0.946. The highest BCUT2D eigenvalue weighted by Crippen LogP contribution is 2.34. The number of benzene rings is 2. The zero-order valence-corrected chi connectivity index (χ0v) is 18.0. The lowest BCUT2D eigenvalue weighted by Gasteiger charge is -2.35. The second-order valence-corrected chi connectivity index (χ2v) is 8.41. The van der Waals surface area contributed by atoms with Crippen molar-refractivity contribution in [2.24, 2.45) is 0 Å². The van der Waals surface area contributed by atoms with E-state index in [0.717, 1.165) is 4.90 Å². The molecule has 0 atom stereocenters. The third-order valence-electron chi connectivity index (χ3n) is 5.94. The van der Waals surface area contributed by atoms with Crippen LogP contribution in [0.5, 0.6) is 5.75 Å². The van der Waals surface area contributed by atoms with E-state index in [-0.39, 0.29) is 36.8 Å². The number of nitrogens with zero attached hydrogens (tertiary/aromatic N) is 1. The van der Waals surface area contributed by atoms with Crippen LogP contribution in [0.25, 0.3) is 0 Å². The molecule has 0 bridgehead atoms. The van der Waals surface area contributed by atoms with Gasteiger partial charge in [-0.15, -0.1) is 0 Å². The molecule has 1 heterocycles. The van der Waals surface area contributed by atoms with Crippen LogP contribution in [-0.2, 0) is 4.79 Å². The molecular formula is C23H23ClFN3O4. The Morgan fingerprint density at radius 3 is 2.53 bits per heavy atom. The van der Waals surface area contributed by atoms with Gasteiger partial charge >= 0.3 is 6.03 Å². The molecule has 1 saturated carbocycles. The van der Waals surface area contributed by atoms with Crippen LogP contribution < -0.4 is 15.4 Å². The number of ether oxygens (including phenoxy) is 1. The molecular weight excluding hydrogens is 437 g/mol. The minimum absolute atomic E-state index is 0.0937.